The van der Waals surface area contributed by atoms with Crippen molar-refractivity contribution in [1.82, 2.24) is 10.2 Å². The lowest BCUT2D eigenvalue weighted by atomic mass is 9.93. The molecule has 1 heterocycles. The molecular weight excluding hydrogens is 396 g/mol. The highest BCUT2D eigenvalue weighted by atomic mass is 32.1. The zero-order valence-corrected chi connectivity index (χ0v) is 18.3. The number of aryl methyl sites for hydroxylation is 1. The maximum atomic E-state index is 13.1. The molecule has 1 atom stereocenters. The van der Waals surface area contributed by atoms with Crippen molar-refractivity contribution in [2.24, 2.45) is 0 Å². The second kappa shape index (κ2) is 8.97. The Hall–Kier alpha value is -3.37. The first kappa shape index (κ1) is 21.3. The van der Waals surface area contributed by atoms with Crippen molar-refractivity contribution in [2.75, 3.05) is 25.6 Å². The van der Waals surface area contributed by atoms with Gasteiger partial charge in [-0.15, -0.1) is 0 Å². The summed E-state index contributed by atoms with van der Waals surface area (Å²) in [5.74, 6) is 0.510. The first-order chi connectivity index (χ1) is 14.3. The number of ether oxygens (including phenoxy) is 1. The Labute approximate surface area is 182 Å². The second-order valence-corrected chi connectivity index (χ2v) is 7.66. The van der Waals surface area contributed by atoms with Crippen LogP contribution in [0.25, 0.3) is 0 Å². The summed E-state index contributed by atoms with van der Waals surface area (Å²) >= 11 is 5.69. The van der Waals surface area contributed by atoms with Gasteiger partial charge < -0.3 is 15.0 Å². The summed E-state index contributed by atoms with van der Waals surface area (Å²) in [6, 6.07) is 16.9. The molecule has 0 saturated carbocycles. The van der Waals surface area contributed by atoms with Gasteiger partial charge in [0, 0.05) is 25.5 Å². The van der Waals surface area contributed by atoms with Crippen molar-refractivity contribution in [3.63, 3.8) is 0 Å². The Balaban J connectivity index is 2.07. The van der Waals surface area contributed by atoms with Crippen molar-refractivity contribution in [3.8, 4) is 11.8 Å². The molecule has 154 valence electrons. The maximum absolute atomic E-state index is 13.1. The first-order valence-electron chi connectivity index (χ1n) is 9.53. The van der Waals surface area contributed by atoms with Gasteiger partial charge in [0.05, 0.1) is 11.6 Å². The van der Waals surface area contributed by atoms with E-state index >= 15 is 0 Å². The third kappa shape index (κ3) is 4.29. The molecule has 0 bridgehead atoms. The van der Waals surface area contributed by atoms with Gasteiger partial charge in [-0.2, -0.15) is 5.26 Å². The fourth-order valence-corrected chi connectivity index (χ4v) is 3.82. The second-order valence-electron chi connectivity index (χ2n) is 7.27. The van der Waals surface area contributed by atoms with Crippen LogP contribution < -0.4 is 15.0 Å². The summed E-state index contributed by atoms with van der Waals surface area (Å²) in [7, 11) is 3.48. The van der Waals surface area contributed by atoms with Crippen LogP contribution in [0.2, 0.25) is 0 Å². The van der Waals surface area contributed by atoms with Crippen molar-refractivity contribution in [3.05, 3.63) is 70.9 Å². The van der Waals surface area contributed by atoms with Crippen molar-refractivity contribution in [1.29, 1.82) is 5.26 Å². The molecule has 30 heavy (non-hydrogen) atoms. The van der Waals surface area contributed by atoms with Crippen molar-refractivity contribution in [2.45, 2.75) is 19.9 Å². The quantitative estimate of drug-likeness (QED) is 0.744. The predicted octanol–water partition coefficient (Wildman–Crippen LogP) is 3.70. The number of nitrogens with one attached hydrogen (secondary N) is 1. The van der Waals surface area contributed by atoms with Gasteiger partial charge in [0.15, 0.2) is 11.7 Å². The summed E-state index contributed by atoms with van der Waals surface area (Å²) in [5.41, 5.74) is 4.32. The van der Waals surface area contributed by atoms with E-state index in [9.17, 15) is 4.79 Å². The first-order valence-corrected chi connectivity index (χ1v) is 9.93. The predicted molar refractivity (Wildman–Crippen MR) is 121 cm³/mol. The standard InChI is InChI=1S/C23H24N4O2S/c1-15-6-5-7-18(14-15)27-16(2)20(22(28)26(3)4)21(25-23(27)30)17-8-10-19(11-9-17)29-13-12-24/h5-11,14,21H,13H2,1-4H3,(H,25,30)/t21-/m0/s1. The molecule has 0 aliphatic carbocycles. The number of hydrogen-bond acceptors (Lipinski definition) is 4. The number of nitriles is 1. The molecule has 0 fully saturated rings. The Morgan fingerprint density at radius 1 is 1.23 bits per heavy atom. The summed E-state index contributed by atoms with van der Waals surface area (Å²) in [4.78, 5) is 16.6. The van der Waals surface area contributed by atoms with Crippen LogP contribution in [-0.4, -0.2) is 36.6 Å². The van der Waals surface area contributed by atoms with Gasteiger partial charge in [-0.25, -0.2) is 0 Å². The Kier molecular flexibility index (Phi) is 6.38. The SMILES string of the molecule is CC1=C(C(=O)N(C)C)[C@H](c2ccc(OCC#N)cc2)NC(=S)N1c1cccc(C)c1. The van der Waals surface area contributed by atoms with Crippen LogP contribution in [0.4, 0.5) is 5.69 Å². The molecule has 2 aromatic carbocycles. The minimum Gasteiger partial charge on any atom is -0.479 e. The third-order valence-electron chi connectivity index (χ3n) is 4.90. The van der Waals surface area contributed by atoms with Crippen LogP contribution in [0.5, 0.6) is 5.75 Å². The third-order valence-corrected chi connectivity index (χ3v) is 5.20. The molecule has 0 radical (unpaired) electrons. The van der Waals surface area contributed by atoms with Gasteiger partial charge in [-0.05, 0) is 61.5 Å². The minimum atomic E-state index is -0.390. The number of nitrogens with zero attached hydrogens (tertiary/aromatic N) is 3. The molecule has 3 rings (SSSR count). The average molecular weight is 421 g/mol. The molecule has 0 spiro atoms. The summed E-state index contributed by atoms with van der Waals surface area (Å²) < 4.78 is 5.34. The van der Waals surface area contributed by atoms with E-state index in [2.05, 4.69) is 5.32 Å². The van der Waals surface area contributed by atoms with E-state index in [-0.39, 0.29) is 12.5 Å². The number of carbonyl (C=O) groups is 1. The van der Waals surface area contributed by atoms with Gasteiger partial charge in [0.2, 0.25) is 0 Å². The van der Waals surface area contributed by atoms with Crippen LogP contribution in [0, 0.1) is 18.3 Å². The lowest BCUT2D eigenvalue weighted by Crippen LogP contribution is -2.49. The molecule has 2 aromatic rings. The summed E-state index contributed by atoms with van der Waals surface area (Å²) in [6.45, 7) is 3.93. The number of allylic oxidation sites excluding steroid dienone is 1. The minimum absolute atomic E-state index is 0.0139. The van der Waals surface area contributed by atoms with Crippen LogP contribution in [0.1, 0.15) is 24.1 Å². The molecule has 7 heteroatoms. The van der Waals surface area contributed by atoms with Crippen LogP contribution in [-0.2, 0) is 4.79 Å². The Bertz CT molecular complexity index is 1040. The van der Waals surface area contributed by atoms with Gasteiger partial charge in [-0.3, -0.25) is 9.69 Å². The maximum Gasteiger partial charge on any atom is 0.253 e. The molecular formula is C23H24N4O2S. The fourth-order valence-electron chi connectivity index (χ4n) is 3.46. The number of anilines is 1. The lowest BCUT2D eigenvalue weighted by Gasteiger charge is -2.38. The lowest BCUT2D eigenvalue weighted by molar-refractivity contribution is -0.125. The van der Waals surface area contributed by atoms with E-state index in [1.165, 1.54) is 0 Å². The van der Waals surface area contributed by atoms with Gasteiger partial charge in [-0.1, -0.05) is 24.3 Å². The molecule has 1 N–H and O–H groups in total. The monoisotopic (exact) mass is 420 g/mol. The van der Waals surface area contributed by atoms with Crippen LogP contribution >= 0.6 is 12.2 Å². The summed E-state index contributed by atoms with van der Waals surface area (Å²) in [6.07, 6.45) is 0. The van der Waals surface area contributed by atoms with Crippen LogP contribution in [0.15, 0.2) is 59.8 Å². The van der Waals surface area contributed by atoms with E-state index in [0.717, 1.165) is 22.5 Å². The largest absolute Gasteiger partial charge is 0.479 e. The van der Waals surface area contributed by atoms with E-state index < -0.39 is 6.04 Å². The highest BCUT2D eigenvalue weighted by Crippen LogP contribution is 2.35. The molecule has 6 nitrogen and oxygen atoms in total. The molecule has 1 aliphatic heterocycles. The average Bonchev–Trinajstić information content (AvgIpc) is 2.72. The number of thiocarbonyl (C=S) groups is 1. The molecule has 1 aliphatic rings. The Morgan fingerprint density at radius 3 is 2.53 bits per heavy atom. The fraction of sp³-hybridized carbons (Fsp3) is 0.261. The number of amides is 1. The molecule has 0 unspecified atom stereocenters. The number of carbonyl (C=O) groups excluding carboxylic acids is 1. The normalized spacial score (nSPS) is 16.0. The highest BCUT2D eigenvalue weighted by molar-refractivity contribution is 7.80. The zero-order chi connectivity index (χ0) is 21.8. The molecule has 0 aromatic heterocycles. The van der Waals surface area contributed by atoms with E-state index in [0.29, 0.717) is 16.4 Å². The van der Waals surface area contributed by atoms with Gasteiger partial charge in [0.25, 0.3) is 5.91 Å². The van der Waals surface area contributed by atoms with E-state index in [4.69, 9.17) is 22.2 Å². The number of likely N-dealkylation sites (N-methyl/N-ethyl adjacent to an activating group) is 1. The number of benzene rings is 2. The number of hydrogen-bond donors (Lipinski definition) is 1. The van der Waals surface area contributed by atoms with E-state index in [1.54, 1.807) is 31.1 Å². The van der Waals surface area contributed by atoms with Crippen molar-refractivity contribution >= 4 is 28.9 Å². The van der Waals surface area contributed by atoms with E-state index in [1.807, 2.05) is 61.2 Å². The zero-order valence-electron chi connectivity index (χ0n) is 17.5. The Morgan fingerprint density at radius 2 is 1.93 bits per heavy atom. The number of rotatable bonds is 5. The van der Waals surface area contributed by atoms with Crippen molar-refractivity contribution < 1.29 is 9.53 Å². The van der Waals surface area contributed by atoms with Crippen LogP contribution in [0.3, 0.4) is 0 Å². The highest BCUT2D eigenvalue weighted by Gasteiger charge is 2.35. The molecule has 0 saturated heterocycles. The molecule has 1 amide bonds. The topological polar surface area (TPSA) is 68.6 Å². The summed E-state index contributed by atoms with van der Waals surface area (Å²) in [5, 5.41) is 12.5. The van der Waals surface area contributed by atoms with Gasteiger partial charge >= 0.3 is 0 Å². The smallest absolute Gasteiger partial charge is 0.253 e. The van der Waals surface area contributed by atoms with Gasteiger partial charge in [0.1, 0.15) is 11.8 Å².